The summed E-state index contributed by atoms with van der Waals surface area (Å²) in [5.41, 5.74) is 1.19. The molecule has 0 spiro atoms. The molecule has 0 bridgehead atoms. The van der Waals surface area contributed by atoms with Gasteiger partial charge in [0.25, 0.3) is 0 Å². The molecule has 5 nitrogen and oxygen atoms in total. The number of hydrogen-bond acceptors (Lipinski definition) is 2. The van der Waals surface area contributed by atoms with Gasteiger partial charge in [-0.05, 0) is 24.1 Å². The molecule has 0 unspecified atom stereocenters. The van der Waals surface area contributed by atoms with Gasteiger partial charge in [0.15, 0.2) is 5.96 Å². The van der Waals surface area contributed by atoms with Gasteiger partial charge in [0.2, 0.25) is 5.91 Å². The van der Waals surface area contributed by atoms with Gasteiger partial charge in [-0.1, -0.05) is 35.0 Å². The minimum atomic E-state index is -0.00663. The molecule has 0 heterocycles. The molecular weight excluding hydrogens is 344 g/mol. The van der Waals surface area contributed by atoms with E-state index in [-0.39, 0.29) is 12.5 Å². The summed E-state index contributed by atoms with van der Waals surface area (Å²) in [6.07, 6.45) is 1.01. The lowest BCUT2D eigenvalue weighted by Crippen LogP contribution is -2.39. The number of likely N-dealkylation sites (N-methyl/N-ethyl adjacent to an activating group) is 1. The van der Waals surface area contributed by atoms with Gasteiger partial charge in [0.1, 0.15) is 6.54 Å². The topological polar surface area (TPSA) is 47.9 Å². The Hall–Kier alpha value is -1.56. The second-order valence-corrected chi connectivity index (χ2v) is 6.25. The molecule has 1 rings (SSSR count). The van der Waals surface area contributed by atoms with Crippen LogP contribution in [-0.4, -0.2) is 55.9 Å². The molecule has 0 aliphatic carbocycles. The molecule has 0 fully saturated rings. The average Bonchev–Trinajstić information content (AvgIpc) is 2.49. The summed E-state index contributed by atoms with van der Waals surface area (Å²) in [5.74, 6) is 0.743. The van der Waals surface area contributed by atoms with Gasteiger partial charge in [-0.2, -0.15) is 0 Å². The standard InChI is InChI=1S/C16H25BrN4O/c1-5-10-18-16(19-11-15(22)20(2)3)21(4)12-13-6-8-14(17)9-7-13/h6-9H,5,10-12H2,1-4H3,(H,18,19). The Morgan fingerprint density at radius 2 is 1.86 bits per heavy atom. The maximum atomic E-state index is 11.7. The van der Waals surface area contributed by atoms with Gasteiger partial charge in [-0.3, -0.25) is 4.79 Å². The molecular formula is C16H25BrN4O. The van der Waals surface area contributed by atoms with Crippen LogP contribution in [0.1, 0.15) is 18.9 Å². The zero-order valence-electron chi connectivity index (χ0n) is 13.8. The van der Waals surface area contributed by atoms with Crippen molar-refractivity contribution in [3.63, 3.8) is 0 Å². The first kappa shape index (κ1) is 18.5. The number of amides is 1. The molecule has 0 saturated heterocycles. The largest absolute Gasteiger partial charge is 0.356 e. The van der Waals surface area contributed by atoms with Crippen LogP contribution in [0.3, 0.4) is 0 Å². The zero-order chi connectivity index (χ0) is 16.5. The first-order valence-corrected chi connectivity index (χ1v) is 8.17. The average molecular weight is 369 g/mol. The summed E-state index contributed by atoms with van der Waals surface area (Å²) in [4.78, 5) is 19.7. The number of guanidine groups is 1. The van der Waals surface area contributed by atoms with Crippen molar-refractivity contribution < 1.29 is 4.79 Å². The fourth-order valence-electron chi connectivity index (χ4n) is 1.77. The van der Waals surface area contributed by atoms with E-state index in [0.717, 1.165) is 29.9 Å². The Labute approximate surface area is 141 Å². The molecule has 1 N–H and O–H groups in total. The van der Waals surface area contributed by atoms with Gasteiger partial charge in [-0.15, -0.1) is 0 Å². The van der Waals surface area contributed by atoms with E-state index in [1.165, 1.54) is 5.56 Å². The number of carbonyl (C=O) groups excluding carboxylic acids is 1. The van der Waals surface area contributed by atoms with Crippen LogP contribution in [-0.2, 0) is 11.3 Å². The third-order valence-corrected chi connectivity index (χ3v) is 3.62. The molecule has 122 valence electrons. The molecule has 0 aliphatic heterocycles. The number of hydrogen-bond donors (Lipinski definition) is 1. The van der Waals surface area contributed by atoms with Crippen LogP contribution in [0.2, 0.25) is 0 Å². The highest BCUT2D eigenvalue weighted by molar-refractivity contribution is 9.10. The van der Waals surface area contributed by atoms with Crippen LogP contribution < -0.4 is 5.32 Å². The van der Waals surface area contributed by atoms with E-state index in [1.807, 2.05) is 24.1 Å². The van der Waals surface area contributed by atoms with Crippen molar-refractivity contribution >= 4 is 27.8 Å². The lowest BCUT2D eigenvalue weighted by molar-refractivity contribution is -0.127. The smallest absolute Gasteiger partial charge is 0.243 e. The van der Waals surface area contributed by atoms with E-state index in [1.54, 1.807) is 19.0 Å². The zero-order valence-corrected chi connectivity index (χ0v) is 15.4. The van der Waals surface area contributed by atoms with Crippen LogP contribution >= 0.6 is 15.9 Å². The number of nitrogens with zero attached hydrogens (tertiary/aromatic N) is 3. The Morgan fingerprint density at radius 3 is 2.41 bits per heavy atom. The molecule has 6 heteroatoms. The molecule has 0 aliphatic rings. The normalized spacial score (nSPS) is 11.2. The van der Waals surface area contributed by atoms with Gasteiger partial charge in [-0.25, -0.2) is 4.99 Å². The lowest BCUT2D eigenvalue weighted by atomic mass is 10.2. The summed E-state index contributed by atoms with van der Waals surface area (Å²) < 4.78 is 1.06. The third-order valence-electron chi connectivity index (χ3n) is 3.09. The molecule has 22 heavy (non-hydrogen) atoms. The third kappa shape index (κ3) is 6.47. The van der Waals surface area contributed by atoms with Crippen molar-refractivity contribution in [2.45, 2.75) is 19.9 Å². The number of benzene rings is 1. The van der Waals surface area contributed by atoms with Crippen molar-refractivity contribution in [1.82, 2.24) is 15.1 Å². The summed E-state index contributed by atoms with van der Waals surface area (Å²) in [7, 11) is 5.45. The Kier molecular flexibility index (Phi) is 7.95. The summed E-state index contributed by atoms with van der Waals surface area (Å²) in [6.45, 7) is 3.83. The number of halogens is 1. The van der Waals surface area contributed by atoms with E-state index < -0.39 is 0 Å². The van der Waals surface area contributed by atoms with Crippen molar-refractivity contribution in [3.05, 3.63) is 34.3 Å². The molecule has 0 radical (unpaired) electrons. The predicted molar refractivity (Wildman–Crippen MR) is 94.9 cm³/mol. The van der Waals surface area contributed by atoms with Crippen LogP contribution in [0.5, 0.6) is 0 Å². The monoisotopic (exact) mass is 368 g/mol. The molecule has 1 aromatic rings. The highest BCUT2D eigenvalue weighted by atomic mass is 79.9. The fraction of sp³-hybridized carbons (Fsp3) is 0.500. The summed E-state index contributed by atoms with van der Waals surface area (Å²) in [5, 5.41) is 3.29. The van der Waals surface area contributed by atoms with Gasteiger partial charge in [0, 0.05) is 38.7 Å². The maximum Gasteiger partial charge on any atom is 0.243 e. The predicted octanol–water partition coefficient (Wildman–Crippen LogP) is 2.32. The van der Waals surface area contributed by atoms with Crippen molar-refractivity contribution in [1.29, 1.82) is 0 Å². The van der Waals surface area contributed by atoms with Crippen LogP contribution in [0.4, 0.5) is 0 Å². The highest BCUT2D eigenvalue weighted by Crippen LogP contribution is 2.11. The minimum absolute atomic E-state index is 0.00663. The maximum absolute atomic E-state index is 11.7. The molecule has 1 amide bonds. The van der Waals surface area contributed by atoms with Crippen molar-refractivity contribution in [2.24, 2.45) is 4.99 Å². The Balaban J connectivity index is 2.74. The van der Waals surface area contributed by atoms with Crippen LogP contribution in [0.25, 0.3) is 0 Å². The number of nitrogens with one attached hydrogen (secondary N) is 1. The SMILES string of the molecule is CCCNC(=NCC(=O)N(C)C)N(C)Cc1ccc(Br)cc1. The Bertz CT molecular complexity index is 499. The van der Waals surface area contributed by atoms with Gasteiger partial charge >= 0.3 is 0 Å². The van der Waals surface area contributed by atoms with Gasteiger partial charge < -0.3 is 15.1 Å². The van der Waals surface area contributed by atoms with Crippen LogP contribution in [0.15, 0.2) is 33.7 Å². The lowest BCUT2D eigenvalue weighted by Gasteiger charge is -2.22. The number of carbonyl (C=O) groups is 1. The van der Waals surface area contributed by atoms with Crippen molar-refractivity contribution in [2.75, 3.05) is 34.2 Å². The highest BCUT2D eigenvalue weighted by Gasteiger charge is 2.09. The molecule has 0 aromatic heterocycles. The van der Waals surface area contributed by atoms with E-state index in [4.69, 9.17) is 0 Å². The number of aliphatic imine (C=N–C) groups is 1. The molecule has 0 saturated carbocycles. The van der Waals surface area contributed by atoms with Crippen molar-refractivity contribution in [3.8, 4) is 0 Å². The first-order chi connectivity index (χ1) is 10.4. The molecule has 1 aromatic carbocycles. The first-order valence-electron chi connectivity index (χ1n) is 7.38. The molecule has 0 atom stereocenters. The fourth-order valence-corrected chi connectivity index (χ4v) is 2.04. The van der Waals surface area contributed by atoms with E-state index in [2.05, 4.69) is 45.3 Å². The quantitative estimate of drug-likeness (QED) is 0.619. The summed E-state index contributed by atoms with van der Waals surface area (Å²) in [6, 6.07) is 8.19. The second-order valence-electron chi connectivity index (χ2n) is 5.34. The van der Waals surface area contributed by atoms with E-state index in [9.17, 15) is 4.79 Å². The second kappa shape index (κ2) is 9.46. The summed E-state index contributed by atoms with van der Waals surface area (Å²) >= 11 is 3.44. The number of rotatable bonds is 6. The van der Waals surface area contributed by atoms with Gasteiger partial charge in [0.05, 0.1) is 0 Å². The Morgan fingerprint density at radius 1 is 1.23 bits per heavy atom. The van der Waals surface area contributed by atoms with Crippen LogP contribution in [0, 0.1) is 0 Å². The van der Waals surface area contributed by atoms with E-state index in [0.29, 0.717) is 0 Å². The van der Waals surface area contributed by atoms with E-state index >= 15 is 0 Å². The minimum Gasteiger partial charge on any atom is -0.356 e.